The molecule has 8 nitrogen and oxygen atoms in total. The number of rotatable bonds is 6. The number of aliphatic hydroxyl groups is 1. The van der Waals surface area contributed by atoms with E-state index in [9.17, 15) is 9.90 Å². The number of aryl methyl sites for hydroxylation is 1. The second-order valence-corrected chi connectivity index (χ2v) is 9.99. The van der Waals surface area contributed by atoms with Gasteiger partial charge in [0.25, 0.3) is 5.56 Å². The van der Waals surface area contributed by atoms with Gasteiger partial charge >= 0.3 is 0 Å². The summed E-state index contributed by atoms with van der Waals surface area (Å²) in [6.07, 6.45) is 10.5. The SMILES string of the molecule is Cn1cc2cc(-n3nc4c(CO)cn(CC5CC5)c4c(-c4ccc(C5CC5)nc4)c3=O)ccc2n1. The number of benzene rings is 1. The van der Waals surface area contributed by atoms with Crippen LogP contribution in [-0.4, -0.2) is 34.2 Å². The van der Waals surface area contributed by atoms with Crippen molar-refractivity contribution < 1.29 is 5.11 Å². The first-order valence-electron chi connectivity index (χ1n) is 12.2. The molecule has 176 valence electrons. The lowest BCUT2D eigenvalue weighted by molar-refractivity contribution is 0.282. The summed E-state index contributed by atoms with van der Waals surface area (Å²) < 4.78 is 5.33. The largest absolute Gasteiger partial charge is 0.392 e. The molecule has 0 atom stereocenters. The Morgan fingerprint density at radius 1 is 1.06 bits per heavy atom. The Morgan fingerprint density at radius 2 is 1.91 bits per heavy atom. The summed E-state index contributed by atoms with van der Waals surface area (Å²) in [5, 5.41) is 20.3. The molecule has 0 amide bonds. The fraction of sp³-hybridized carbons (Fsp3) is 0.333. The van der Waals surface area contributed by atoms with E-state index in [1.165, 1.54) is 30.4 Å². The number of hydrogen-bond acceptors (Lipinski definition) is 5. The van der Waals surface area contributed by atoms with Crippen LogP contribution in [0, 0.1) is 5.92 Å². The van der Waals surface area contributed by atoms with E-state index in [4.69, 9.17) is 10.1 Å². The van der Waals surface area contributed by atoms with Gasteiger partial charge in [0, 0.05) is 60.3 Å². The van der Waals surface area contributed by atoms with Gasteiger partial charge in [-0.05, 0) is 55.9 Å². The van der Waals surface area contributed by atoms with Crippen LogP contribution in [0.4, 0.5) is 0 Å². The van der Waals surface area contributed by atoms with E-state index in [0.29, 0.717) is 28.6 Å². The summed E-state index contributed by atoms with van der Waals surface area (Å²) >= 11 is 0. The fourth-order valence-corrected chi connectivity index (χ4v) is 5.04. The van der Waals surface area contributed by atoms with E-state index in [2.05, 4.69) is 9.67 Å². The average molecular weight is 467 g/mol. The van der Waals surface area contributed by atoms with Gasteiger partial charge in [0.1, 0.15) is 5.52 Å². The van der Waals surface area contributed by atoms with E-state index < -0.39 is 0 Å². The third kappa shape index (κ3) is 3.47. The molecule has 2 saturated carbocycles. The molecule has 1 aromatic carbocycles. The maximum atomic E-state index is 14.1. The third-order valence-electron chi connectivity index (χ3n) is 7.21. The quantitative estimate of drug-likeness (QED) is 0.410. The van der Waals surface area contributed by atoms with E-state index in [0.717, 1.165) is 39.8 Å². The first-order valence-corrected chi connectivity index (χ1v) is 12.2. The molecule has 2 fully saturated rings. The van der Waals surface area contributed by atoms with Gasteiger partial charge in [0.05, 0.1) is 28.9 Å². The summed E-state index contributed by atoms with van der Waals surface area (Å²) in [6.45, 7) is 0.684. The van der Waals surface area contributed by atoms with Crippen molar-refractivity contribution in [2.24, 2.45) is 13.0 Å². The first kappa shape index (κ1) is 20.6. The minimum Gasteiger partial charge on any atom is -0.392 e. The maximum absolute atomic E-state index is 14.1. The average Bonchev–Trinajstić information content (AvgIpc) is 3.79. The Morgan fingerprint density at radius 3 is 2.63 bits per heavy atom. The van der Waals surface area contributed by atoms with Crippen LogP contribution < -0.4 is 5.56 Å². The van der Waals surface area contributed by atoms with Crippen LogP contribution in [0.5, 0.6) is 0 Å². The van der Waals surface area contributed by atoms with Gasteiger partial charge in [0.15, 0.2) is 0 Å². The Labute approximate surface area is 201 Å². The second kappa shape index (κ2) is 7.61. The zero-order valence-electron chi connectivity index (χ0n) is 19.6. The zero-order chi connectivity index (χ0) is 23.7. The standard InChI is InChI=1S/C27H26N6O2/c1-31-13-19-10-21(7-9-23(19)29-31)33-27(35)24(18-6-8-22(28-11-18)17-4-5-17)26-25(30-33)20(15-34)14-32(26)12-16-2-3-16/h6-11,13-14,16-17,34H,2-5,12,15H2,1H3. The van der Waals surface area contributed by atoms with Crippen molar-refractivity contribution in [2.75, 3.05) is 0 Å². The lowest BCUT2D eigenvalue weighted by Crippen LogP contribution is -2.24. The Bertz CT molecular complexity index is 1650. The van der Waals surface area contributed by atoms with Gasteiger partial charge in [-0.25, -0.2) is 0 Å². The predicted molar refractivity (Wildman–Crippen MR) is 133 cm³/mol. The number of nitrogens with zero attached hydrogens (tertiary/aromatic N) is 6. The molecule has 1 N–H and O–H groups in total. The Hall–Kier alpha value is -3.78. The second-order valence-electron chi connectivity index (χ2n) is 9.99. The van der Waals surface area contributed by atoms with Crippen LogP contribution in [0.1, 0.15) is 42.9 Å². The molecule has 7 rings (SSSR count). The van der Waals surface area contributed by atoms with Gasteiger partial charge in [-0.15, -0.1) is 0 Å². The minimum atomic E-state index is -0.193. The summed E-state index contributed by atoms with van der Waals surface area (Å²) in [7, 11) is 1.88. The normalized spacial score (nSPS) is 15.9. The van der Waals surface area contributed by atoms with Gasteiger partial charge in [-0.2, -0.15) is 14.9 Å². The number of hydrogen-bond donors (Lipinski definition) is 1. The van der Waals surface area contributed by atoms with Gasteiger partial charge in [-0.1, -0.05) is 6.07 Å². The van der Waals surface area contributed by atoms with Crippen LogP contribution >= 0.6 is 0 Å². The highest BCUT2D eigenvalue weighted by molar-refractivity contribution is 5.93. The van der Waals surface area contributed by atoms with Crippen molar-refractivity contribution in [3.05, 3.63) is 70.5 Å². The van der Waals surface area contributed by atoms with E-state index in [1.807, 2.05) is 56.0 Å². The molecule has 0 unspecified atom stereocenters. The molecule has 8 heteroatoms. The van der Waals surface area contributed by atoms with Crippen molar-refractivity contribution in [3.8, 4) is 16.8 Å². The highest BCUT2D eigenvalue weighted by atomic mass is 16.3. The molecule has 5 aromatic rings. The smallest absolute Gasteiger partial charge is 0.281 e. The van der Waals surface area contributed by atoms with Crippen molar-refractivity contribution in [3.63, 3.8) is 0 Å². The van der Waals surface area contributed by atoms with Crippen molar-refractivity contribution in [2.45, 2.75) is 44.8 Å². The van der Waals surface area contributed by atoms with Crippen LogP contribution in [0.25, 0.3) is 38.8 Å². The maximum Gasteiger partial charge on any atom is 0.281 e. The number of aromatic nitrogens is 6. The molecule has 4 heterocycles. The molecule has 2 aliphatic rings. The zero-order valence-corrected chi connectivity index (χ0v) is 19.6. The molecule has 4 aromatic heterocycles. The fourth-order valence-electron chi connectivity index (χ4n) is 5.04. The summed E-state index contributed by atoms with van der Waals surface area (Å²) in [4.78, 5) is 18.8. The van der Waals surface area contributed by atoms with E-state index in [1.54, 1.807) is 4.68 Å². The molecular weight excluding hydrogens is 440 g/mol. The highest BCUT2D eigenvalue weighted by Gasteiger charge is 2.28. The predicted octanol–water partition coefficient (Wildman–Crippen LogP) is 3.92. The third-order valence-corrected chi connectivity index (χ3v) is 7.21. The van der Waals surface area contributed by atoms with Crippen molar-refractivity contribution in [1.82, 2.24) is 29.1 Å². The summed E-state index contributed by atoms with van der Waals surface area (Å²) in [5.41, 5.74) is 5.94. The van der Waals surface area contributed by atoms with Gasteiger partial charge in [0.2, 0.25) is 0 Å². The lowest BCUT2D eigenvalue weighted by atomic mass is 10.1. The highest BCUT2D eigenvalue weighted by Crippen LogP contribution is 2.40. The van der Waals surface area contributed by atoms with E-state index in [-0.39, 0.29) is 12.2 Å². The summed E-state index contributed by atoms with van der Waals surface area (Å²) in [6, 6.07) is 9.76. The molecule has 0 aliphatic heterocycles. The molecule has 2 aliphatic carbocycles. The van der Waals surface area contributed by atoms with Crippen LogP contribution in [0.15, 0.2) is 53.7 Å². The Kier molecular flexibility index (Phi) is 4.48. The van der Waals surface area contributed by atoms with Gasteiger partial charge < -0.3 is 9.67 Å². The monoisotopic (exact) mass is 466 g/mol. The van der Waals surface area contributed by atoms with Crippen LogP contribution in [0.2, 0.25) is 0 Å². The number of aliphatic hydroxyl groups excluding tert-OH is 1. The number of fused-ring (bicyclic) bond motifs is 2. The number of pyridine rings is 1. The topological polar surface area (TPSA) is 90.8 Å². The molecular formula is C27H26N6O2. The molecule has 0 saturated heterocycles. The Balaban J connectivity index is 1.49. The van der Waals surface area contributed by atoms with Crippen molar-refractivity contribution >= 4 is 21.9 Å². The molecule has 35 heavy (non-hydrogen) atoms. The van der Waals surface area contributed by atoms with Crippen molar-refractivity contribution in [1.29, 1.82) is 0 Å². The molecule has 0 spiro atoms. The minimum absolute atomic E-state index is 0.140. The van der Waals surface area contributed by atoms with Gasteiger partial charge in [-0.3, -0.25) is 14.5 Å². The molecule has 0 radical (unpaired) electrons. The van der Waals surface area contributed by atoms with Crippen LogP contribution in [0.3, 0.4) is 0 Å². The summed E-state index contributed by atoms with van der Waals surface area (Å²) in [5.74, 6) is 1.15. The first-order chi connectivity index (χ1) is 17.1. The molecule has 0 bridgehead atoms. The van der Waals surface area contributed by atoms with E-state index >= 15 is 0 Å². The van der Waals surface area contributed by atoms with Crippen LogP contribution in [-0.2, 0) is 20.2 Å². The lowest BCUT2D eigenvalue weighted by Gasteiger charge is -2.13.